The fraction of sp³-hybridized carbons (Fsp3) is 0.692. The van der Waals surface area contributed by atoms with Crippen LogP contribution in [0.2, 0.25) is 0 Å². The molecule has 0 aliphatic heterocycles. The third-order valence-electron chi connectivity index (χ3n) is 3.18. The number of aromatic nitrogens is 2. The normalized spacial score (nSPS) is 12.9. The highest BCUT2D eigenvalue weighted by molar-refractivity contribution is 5.57. The average molecular weight is 251 g/mol. The lowest BCUT2D eigenvalue weighted by molar-refractivity contribution is 0.557. The van der Waals surface area contributed by atoms with Crippen LogP contribution >= 0.6 is 0 Å². The molecule has 1 atom stereocenters. The summed E-state index contributed by atoms with van der Waals surface area (Å²) in [4.78, 5) is 9.00. The van der Waals surface area contributed by atoms with Crippen molar-refractivity contribution in [2.75, 3.05) is 10.7 Å². The minimum atomic E-state index is 0.271. The van der Waals surface area contributed by atoms with Crippen LogP contribution in [0.1, 0.15) is 51.9 Å². The molecule has 5 nitrogen and oxygen atoms in total. The van der Waals surface area contributed by atoms with Crippen molar-refractivity contribution in [1.29, 1.82) is 0 Å². The van der Waals surface area contributed by atoms with Crippen molar-refractivity contribution in [2.45, 2.75) is 53.5 Å². The molecule has 0 aromatic carbocycles. The molecule has 1 aromatic heterocycles. The molecule has 102 valence electrons. The van der Waals surface area contributed by atoms with Crippen molar-refractivity contribution in [3.05, 3.63) is 11.4 Å². The van der Waals surface area contributed by atoms with Crippen molar-refractivity contribution >= 4 is 11.6 Å². The molecule has 0 aliphatic rings. The van der Waals surface area contributed by atoms with E-state index in [-0.39, 0.29) is 5.92 Å². The van der Waals surface area contributed by atoms with E-state index in [1.54, 1.807) is 0 Å². The number of nitrogens with two attached hydrogens (primary N) is 1. The van der Waals surface area contributed by atoms with Gasteiger partial charge in [0.25, 0.3) is 0 Å². The molecule has 0 radical (unpaired) electrons. The molecule has 0 fully saturated rings. The first kappa shape index (κ1) is 14.7. The Kier molecular flexibility index (Phi) is 4.90. The lowest BCUT2D eigenvalue weighted by atomic mass is 10.1. The Morgan fingerprint density at radius 2 is 1.56 bits per heavy atom. The van der Waals surface area contributed by atoms with Crippen LogP contribution in [0.3, 0.4) is 0 Å². The van der Waals surface area contributed by atoms with Crippen molar-refractivity contribution in [3.63, 3.8) is 0 Å². The van der Waals surface area contributed by atoms with Gasteiger partial charge in [0.05, 0.1) is 0 Å². The largest absolute Gasteiger partial charge is 0.367 e. The number of nitrogens with one attached hydrogen (secondary N) is 2. The van der Waals surface area contributed by atoms with E-state index < -0.39 is 0 Å². The van der Waals surface area contributed by atoms with Gasteiger partial charge >= 0.3 is 0 Å². The Hall–Kier alpha value is -1.36. The molecule has 0 spiro atoms. The van der Waals surface area contributed by atoms with Gasteiger partial charge in [-0.15, -0.1) is 0 Å². The lowest BCUT2D eigenvalue weighted by Gasteiger charge is -2.21. The van der Waals surface area contributed by atoms with Gasteiger partial charge in [-0.3, -0.25) is 0 Å². The summed E-state index contributed by atoms with van der Waals surface area (Å²) >= 11 is 0. The third-order valence-corrected chi connectivity index (χ3v) is 3.18. The van der Waals surface area contributed by atoms with E-state index in [1.807, 2.05) is 6.92 Å². The maximum absolute atomic E-state index is 5.51. The third kappa shape index (κ3) is 3.32. The first-order valence-electron chi connectivity index (χ1n) is 6.48. The van der Waals surface area contributed by atoms with Crippen LogP contribution in [-0.2, 0) is 0 Å². The van der Waals surface area contributed by atoms with Crippen LogP contribution in [0.5, 0.6) is 0 Å². The summed E-state index contributed by atoms with van der Waals surface area (Å²) in [5, 5.41) is 3.43. The van der Waals surface area contributed by atoms with Gasteiger partial charge in [-0.1, -0.05) is 27.7 Å². The monoisotopic (exact) mass is 251 g/mol. The molecule has 4 N–H and O–H groups in total. The van der Waals surface area contributed by atoms with E-state index in [0.717, 1.165) is 17.2 Å². The summed E-state index contributed by atoms with van der Waals surface area (Å²) < 4.78 is 0. The number of hydrogen-bond acceptors (Lipinski definition) is 5. The molecular weight excluding hydrogens is 226 g/mol. The van der Waals surface area contributed by atoms with Crippen LogP contribution in [0.25, 0.3) is 0 Å². The maximum atomic E-state index is 5.51. The second kappa shape index (κ2) is 6.00. The summed E-state index contributed by atoms with van der Waals surface area (Å²) in [6.07, 6.45) is 0. The fourth-order valence-corrected chi connectivity index (χ4v) is 1.46. The quantitative estimate of drug-likeness (QED) is 0.554. The summed E-state index contributed by atoms with van der Waals surface area (Å²) in [5.41, 5.74) is 3.60. The number of nitrogens with zero attached hydrogens (tertiary/aromatic N) is 2. The smallest absolute Gasteiger partial charge is 0.148 e. The highest BCUT2D eigenvalue weighted by Gasteiger charge is 2.15. The summed E-state index contributed by atoms with van der Waals surface area (Å²) in [6, 6.07) is 0.351. The van der Waals surface area contributed by atoms with Gasteiger partial charge in [0.2, 0.25) is 0 Å². The standard InChI is InChI=1S/C13H25N5/c1-7(2)10(6)15-12-9(5)13(18-14)17-11(16-12)8(3)4/h7-8,10H,14H2,1-6H3,(H2,15,16,17,18). The summed E-state index contributed by atoms with van der Waals surface area (Å²) in [7, 11) is 0. The molecule has 18 heavy (non-hydrogen) atoms. The molecular formula is C13H25N5. The van der Waals surface area contributed by atoms with Gasteiger partial charge in [0, 0.05) is 17.5 Å². The van der Waals surface area contributed by atoms with Crippen molar-refractivity contribution < 1.29 is 0 Å². The predicted octanol–water partition coefficient (Wildman–Crippen LogP) is 2.65. The lowest BCUT2D eigenvalue weighted by Crippen LogP contribution is -2.24. The molecule has 1 rings (SSSR count). The Morgan fingerprint density at radius 3 is 2.00 bits per heavy atom. The molecule has 0 aliphatic carbocycles. The minimum Gasteiger partial charge on any atom is -0.367 e. The average Bonchev–Trinajstić information content (AvgIpc) is 2.31. The second-order valence-electron chi connectivity index (χ2n) is 5.38. The number of rotatable bonds is 5. The molecule has 0 bridgehead atoms. The van der Waals surface area contributed by atoms with E-state index in [9.17, 15) is 0 Å². The van der Waals surface area contributed by atoms with Gasteiger partial charge < -0.3 is 10.7 Å². The molecule has 1 heterocycles. The molecule has 0 amide bonds. The highest BCUT2D eigenvalue weighted by atomic mass is 15.3. The molecule has 1 aromatic rings. The maximum Gasteiger partial charge on any atom is 0.148 e. The topological polar surface area (TPSA) is 75.9 Å². The Morgan fingerprint density at radius 1 is 1.00 bits per heavy atom. The highest BCUT2D eigenvalue weighted by Crippen LogP contribution is 2.23. The molecule has 5 heteroatoms. The Balaban J connectivity index is 3.12. The Bertz CT molecular complexity index is 401. The number of nitrogen functional groups attached to an aromatic ring is 1. The molecule has 0 saturated carbocycles. The second-order valence-corrected chi connectivity index (χ2v) is 5.38. The predicted molar refractivity (Wildman–Crippen MR) is 76.6 cm³/mol. The zero-order valence-electron chi connectivity index (χ0n) is 12.2. The van der Waals surface area contributed by atoms with Crippen molar-refractivity contribution in [2.24, 2.45) is 11.8 Å². The molecule has 0 saturated heterocycles. The SMILES string of the molecule is Cc1c(NN)nc(C(C)C)nc1NC(C)C(C)C. The van der Waals surface area contributed by atoms with E-state index in [1.165, 1.54) is 0 Å². The zero-order chi connectivity index (χ0) is 13.9. The zero-order valence-corrected chi connectivity index (χ0v) is 12.2. The minimum absolute atomic E-state index is 0.271. The number of anilines is 2. The Labute approximate surface area is 110 Å². The van der Waals surface area contributed by atoms with Gasteiger partial charge in [-0.25, -0.2) is 15.8 Å². The van der Waals surface area contributed by atoms with E-state index in [0.29, 0.717) is 17.8 Å². The first-order valence-corrected chi connectivity index (χ1v) is 6.48. The van der Waals surface area contributed by atoms with Gasteiger partial charge in [0.1, 0.15) is 17.5 Å². The first-order chi connectivity index (χ1) is 8.36. The van der Waals surface area contributed by atoms with Gasteiger partial charge in [-0.05, 0) is 19.8 Å². The van der Waals surface area contributed by atoms with Crippen molar-refractivity contribution in [1.82, 2.24) is 9.97 Å². The summed E-state index contributed by atoms with van der Waals surface area (Å²) in [6.45, 7) is 12.6. The van der Waals surface area contributed by atoms with Crippen molar-refractivity contribution in [3.8, 4) is 0 Å². The molecule has 1 unspecified atom stereocenters. The van der Waals surface area contributed by atoms with Crippen LogP contribution < -0.4 is 16.6 Å². The van der Waals surface area contributed by atoms with E-state index in [4.69, 9.17) is 5.84 Å². The van der Waals surface area contributed by atoms with Gasteiger partial charge in [0.15, 0.2) is 0 Å². The van der Waals surface area contributed by atoms with Crippen LogP contribution in [-0.4, -0.2) is 16.0 Å². The van der Waals surface area contributed by atoms with Crippen LogP contribution in [0, 0.1) is 12.8 Å². The van der Waals surface area contributed by atoms with Crippen LogP contribution in [0.4, 0.5) is 11.6 Å². The van der Waals surface area contributed by atoms with Crippen LogP contribution in [0.15, 0.2) is 0 Å². The van der Waals surface area contributed by atoms with Gasteiger partial charge in [-0.2, -0.15) is 0 Å². The summed E-state index contributed by atoms with van der Waals surface area (Å²) in [5.74, 6) is 8.67. The van der Waals surface area contributed by atoms with E-state index >= 15 is 0 Å². The van der Waals surface area contributed by atoms with E-state index in [2.05, 4.69) is 55.3 Å². The number of hydrazine groups is 1. The number of hydrogen-bond donors (Lipinski definition) is 3. The fourth-order valence-electron chi connectivity index (χ4n) is 1.46.